The van der Waals surface area contributed by atoms with E-state index in [2.05, 4.69) is 0 Å². The zero-order valence-electron chi connectivity index (χ0n) is 14.8. The molecule has 1 aliphatic carbocycles. The fourth-order valence-electron chi connectivity index (χ4n) is 3.69. The first-order chi connectivity index (χ1) is 13.2. The number of rotatable bonds is 5. The highest BCUT2D eigenvalue weighted by molar-refractivity contribution is 6.01. The van der Waals surface area contributed by atoms with Crippen molar-refractivity contribution in [2.45, 2.75) is 5.60 Å². The Morgan fingerprint density at radius 1 is 0.741 bits per heavy atom. The van der Waals surface area contributed by atoms with Crippen molar-refractivity contribution in [1.29, 1.82) is 0 Å². The first-order valence-electron chi connectivity index (χ1n) is 9.03. The highest BCUT2D eigenvalue weighted by Crippen LogP contribution is 2.43. The number of Topliss-reactive ketones (excluding diaryl/α,β-unsaturated/α-hetero) is 1. The molecule has 0 aliphatic heterocycles. The molecule has 1 aliphatic rings. The van der Waals surface area contributed by atoms with Gasteiger partial charge in [-0.25, -0.2) is 0 Å². The van der Waals surface area contributed by atoms with Crippen molar-refractivity contribution in [3.8, 4) is 0 Å². The molecule has 0 bridgehead atoms. The summed E-state index contributed by atoms with van der Waals surface area (Å²) in [7, 11) is 0. The highest BCUT2D eigenvalue weighted by Gasteiger charge is 2.42. The molecule has 2 heteroatoms. The van der Waals surface area contributed by atoms with Crippen molar-refractivity contribution in [2.24, 2.45) is 5.92 Å². The third-order valence-electron chi connectivity index (χ3n) is 5.06. The Morgan fingerprint density at radius 2 is 1.22 bits per heavy atom. The van der Waals surface area contributed by atoms with Crippen molar-refractivity contribution in [2.75, 3.05) is 0 Å². The zero-order chi connectivity index (χ0) is 18.7. The minimum atomic E-state index is -1.37. The van der Waals surface area contributed by atoms with E-state index in [0.29, 0.717) is 11.1 Å². The molecule has 0 aromatic heterocycles. The molecule has 0 fully saturated rings. The van der Waals surface area contributed by atoms with Gasteiger partial charge in [-0.15, -0.1) is 0 Å². The van der Waals surface area contributed by atoms with Gasteiger partial charge < -0.3 is 5.11 Å². The molecule has 0 spiro atoms. The van der Waals surface area contributed by atoms with Gasteiger partial charge in [-0.1, -0.05) is 109 Å². The van der Waals surface area contributed by atoms with Crippen LogP contribution in [0.25, 0.3) is 0 Å². The van der Waals surface area contributed by atoms with Crippen LogP contribution in [0.1, 0.15) is 21.5 Å². The molecular weight excluding hydrogens is 332 g/mol. The van der Waals surface area contributed by atoms with Crippen molar-refractivity contribution >= 4 is 5.78 Å². The number of benzene rings is 3. The van der Waals surface area contributed by atoms with E-state index in [4.69, 9.17) is 0 Å². The first kappa shape index (κ1) is 17.2. The summed E-state index contributed by atoms with van der Waals surface area (Å²) in [6, 6.07) is 28.3. The molecule has 3 aromatic rings. The van der Waals surface area contributed by atoms with Gasteiger partial charge in [0.15, 0.2) is 5.78 Å². The van der Waals surface area contributed by atoms with Crippen LogP contribution in [0.5, 0.6) is 0 Å². The zero-order valence-corrected chi connectivity index (χ0v) is 14.8. The van der Waals surface area contributed by atoms with E-state index in [9.17, 15) is 9.90 Å². The lowest BCUT2D eigenvalue weighted by Crippen LogP contribution is -2.34. The predicted octanol–water partition coefficient (Wildman–Crippen LogP) is 4.92. The molecule has 1 N–H and O–H groups in total. The molecule has 0 amide bonds. The summed E-state index contributed by atoms with van der Waals surface area (Å²) in [5.74, 6) is -0.515. The van der Waals surface area contributed by atoms with Crippen LogP contribution < -0.4 is 0 Å². The molecular formula is C25H20O2. The Kier molecular flexibility index (Phi) is 4.57. The van der Waals surface area contributed by atoms with Gasteiger partial charge >= 0.3 is 0 Å². The maximum absolute atomic E-state index is 13.2. The predicted molar refractivity (Wildman–Crippen MR) is 107 cm³/mol. The molecule has 27 heavy (non-hydrogen) atoms. The molecule has 1 unspecified atom stereocenters. The van der Waals surface area contributed by atoms with E-state index in [1.807, 2.05) is 109 Å². The van der Waals surface area contributed by atoms with Crippen LogP contribution in [0.2, 0.25) is 0 Å². The summed E-state index contributed by atoms with van der Waals surface area (Å²) in [4.78, 5) is 13.2. The number of hydrogen-bond donors (Lipinski definition) is 1. The van der Waals surface area contributed by atoms with E-state index in [1.54, 1.807) is 0 Å². The van der Waals surface area contributed by atoms with Gasteiger partial charge in [0.2, 0.25) is 0 Å². The summed E-state index contributed by atoms with van der Waals surface area (Å²) >= 11 is 0. The molecule has 3 aromatic carbocycles. The molecule has 0 saturated carbocycles. The Hall–Kier alpha value is -3.23. The van der Waals surface area contributed by atoms with Gasteiger partial charge in [-0.2, -0.15) is 0 Å². The molecule has 4 rings (SSSR count). The van der Waals surface area contributed by atoms with Crippen LogP contribution in [-0.4, -0.2) is 10.9 Å². The van der Waals surface area contributed by atoms with E-state index < -0.39 is 11.5 Å². The number of carbonyl (C=O) groups is 1. The van der Waals surface area contributed by atoms with E-state index in [0.717, 1.165) is 11.1 Å². The lowest BCUT2D eigenvalue weighted by molar-refractivity contribution is 0.0870. The first-order valence-corrected chi connectivity index (χ1v) is 9.03. The SMILES string of the molecule is O=C(c1ccccc1)C1C=CC=C1C(O)(c1ccccc1)c1ccccc1. The van der Waals surface area contributed by atoms with Crippen LogP contribution in [0.15, 0.2) is 115 Å². The van der Waals surface area contributed by atoms with Crippen molar-refractivity contribution in [1.82, 2.24) is 0 Å². The molecule has 1 atom stereocenters. The highest BCUT2D eigenvalue weighted by atomic mass is 16.3. The van der Waals surface area contributed by atoms with Gasteiger partial charge in [-0.3, -0.25) is 4.79 Å². The van der Waals surface area contributed by atoms with Crippen LogP contribution >= 0.6 is 0 Å². The topological polar surface area (TPSA) is 37.3 Å². The van der Waals surface area contributed by atoms with Gasteiger partial charge in [0, 0.05) is 5.56 Å². The minimum absolute atomic E-state index is 0.0131. The Balaban J connectivity index is 1.83. The maximum atomic E-state index is 13.2. The summed E-state index contributed by atoms with van der Waals surface area (Å²) in [6.07, 6.45) is 5.59. The van der Waals surface area contributed by atoms with Crippen molar-refractivity contribution in [3.05, 3.63) is 131 Å². The second-order valence-corrected chi connectivity index (χ2v) is 6.66. The standard InChI is InChI=1S/C25H20O2/c26-24(19-11-4-1-5-12-19)22-17-10-18-23(22)25(27,20-13-6-2-7-14-20)21-15-8-3-9-16-21/h1-18,22,27H. The fraction of sp³-hybridized carbons (Fsp3) is 0.0800. The number of hydrogen-bond acceptors (Lipinski definition) is 2. The van der Waals surface area contributed by atoms with Crippen LogP contribution in [-0.2, 0) is 5.60 Å². The normalized spacial score (nSPS) is 16.2. The lowest BCUT2D eigenvalue weighted by atomic mass is 9.74. The van der Waals surface area contributed by atoms with Gasteiger partial charge in [0.1, 0.15) is 5.60 Å². The molecule has 132 valence electrons. The second kappa shape index (κ2) is 7.18. The van der Waals surface area contributed by atoms with Gasteiger partial charge in [-0.05, 0) is 16.7 Å². The second-order valence-electron chi connectivity index (χ2n) is 6.66. The van der Waals surface area contributed by atoms with Gasteiger partial charge in [0.25, 0.3) is 0 Å². The summed E-state index contributed by atoms with van der Waals surface area (Å²) in [6.45, 7) is 0. The van der Waals surface area contributed by atoms with E-state index >= 15 is 0 Å². The number of ketones is 1. The third-order valence-corrected chi connectivity index (χ3v) is 5.06. The van der Waals surface area contributed by atoms with Crippen LogP contribution in [0, 0.1) is 5.92 Å². The smallest absolute Gasteiger partial charge is 0.173 e. The Morgan fingerprint density at radius 3 is 1.74 bits per heavy atom. The maximum Gasteiger partial charge on any atom is 0.173 e. The van der Waals surface area contributed by atoms with Gasteiger partial charge in [0.05, 0.1) is 5.92 Å². The molecule has 2 nitrogen and oxygen atoms in total. The largest absolute Gasteiger partial charge is 0.376 e. The molecule has 0 heterocycles. The average Bonchev–Trinajstić information content (AvgIpc) is 3.25. The third kappa shape index (κ3) is 3.05. The van der Waals surface area contributed by atoms with Crippen molar-refractivity contribution < 1.29 is 9.90 Å². The van der Waals surface area contributed by atoms with E-state index in [1.165, 1.54) is 0 Å². The Bertz CT molecular complexity index is 947. The van der Waals surface area contributed by atoms with Crippen LogP contribution in [0.4, 0.5) is 0 Å². The summed E-state index contributed by atoms with van der Waals surface area (Å²) < 4.78 is 0. The summed E-state index contributed by atoms with van der Waals surface area (Å²) in [5.41, 5.74) is 1.44. The monoisotopic (exact) mass is 352 g/mol. The quantitative estimate of drug-likeness (QED) is 0.662. The fourth-order valence-corrected chi connectivity index (χ4v) is 3.69. The Labute approximate surface area is 159 Å². The number of allylic oxidation sites excluding steroid dienone is 3. The number of carbonyl (C=O) groups excluding carboxylic acids is 1. The summed E-state index contributed by atoms with van der Waals surface area (Å²) in [5, 5.41) is 12.0. The average molecular weight is 352 g/mol. The van der Waals surface area contributed by atoms with Crippen molar-refractivity contribution in [3.63, 3.8) is 0 Å². The molecule has 0 radical (unpaired) electrons. The molecule has 0 saturated heterocycles. The number of aliphatic hydroxyl groups is 1. The van der Waals surface area contributed by atoms with E-state index in [-0.39, 0.29) is 5.78 Å². The lowest BCUT2D eigenvalue weighted by Gasteiger charge is -2.34. The van der Waals surface area contributed by atoms with Crippen LogP contribution in [0.3, 0.4) is 0 Å². The minimum Gasteiger partial charge on any atom is -0.376 e.